The molecule has 1 aromatic heterocycles. The predicted octanol–water partition coefficient (Wildman–Crippen LogP) is 2.00. The zero-order chi connectivity index (χ0) is 11.5. The normalized spacial score (nSPS) is 16.2. The van der Waals surface area contributed by atoms with Crippen LogP contribution in [-0.4, -0.2) is 36.3 Å². The van der Waals surface area contributed by atoms with Crippen molar-refractivity contribution >= 4 is 23.0 Å². The lowest BCUT2D eigenvalue weighted by Crippen LogP contribution is -2.36. The van der Waals surface area contributed by atoms with Crippen LogP contribution in [0.2, 0.25) is 5.28 Å². The van der Waals surface area contributed by atoms with Crippen LogP contribution in [0.15, 0.2) is 12.6 Å². The molecule has 0 spiro atoms. The van der Waals surface area contributed by atoms with Gasteiger partial charge in [0.05, 0.1) is 18.9 Å². The summed E-state index contributed by atoms with van der Waals surface area (Å²) in [6.07, 6.45) is 0. The first-order valence-corrected chi connectivity index (χ1v) is 5.58. The van der Waals surface area contributed by atoms with Crippen LogP contribution < -0.4 is 4.90 Å². The molecule has 0 atom stereocenters. The van der Waals surface area contributed by atoms with E-state index < -0.39 is 0 Å². The van der Waals surface area contributed by atoms with Crippen molar-refractivity contribution in [1.29, 1.82) is 0 Å². The van der Waals surface area contributed by atoms with E-state index in [0.717, 1.165) is 43.4 Å². The molecule has 0 saturated carbocycles. The Balaban J connectivity index is 2.28. The van der Waals surface area contributed by atoms with Gasteiger partial charge < -0.3 is 9.64 Å². The fraction of sp³-hybridized carbons (Fsp3) is 0.455. The van der Waals surface area contributed by atoms with Gasteiger partial charge in [-0.05, 0) is 24.1 Å². The van der Waals surface area contributed by atoms with E-state index in [2.05, 4.69) is 21.4 Å². The van der Waals surface area contributed by atoms with Gasteiger partial charge in [0.15, 0.2) is 0 Å². The maximum absolute atomic E-state index is 5.89. The number of aromatic nitrogens is 2. The van der Waals surface area contributed by atoms with Crippen LogP contribution in [0.3, 0.4) is 0 Å². The van der Waals surface area contributed by atoms with Crippen LogP contribution in [0, 0.1) is 0 Å². The highest BCUT2D eigenvalue weighted by Gasteiger charge is 2.14. The Labute approximate surface area is 99.9 Å². The first kappa shape index (κ1) is 11.4. The number of hydrogen-bond acceptors (Lipinski definition) is 4. The molecule has 16 heavy (non-hydrogen) atoms. The fourth-order valence-electron chi connectivity index (χ4n) is 1.58. The lowest BCUT2D eigenvalue weighted by atomic mass is 10.2. The zero-order valence-electron chi connectivity index (χ0n) is 9.24. The lowest BCUT2D eigenvalue weighted by molar-refractivity contribution is 0.122. The molecule has 0 aliphatic carbocycles. The third-order valence-corrected chi connectivity index (χ3v) is 2.63. The Morgan fingerprint density at radius 1 is 1.44 bits per heavy atom. The molecule has 0 aromatic carbocycles. The van der Waals surface area contributed by atoms with Crippen molar-refractivity contribution in [3.05, 3.63) is 23.6 Å². The highest BCUT2D eigenvalue weighted by Crippen LogP contribution is 2.19. The topological polar surface area (TPSA) is 38.2 Å². The number of morpholine rings is 1. The summed E-state index contributed by atoms with van der Waals surface area (Å²) in [6.45, 7) is 8.89. The van der Waals surface area contributed by atoms with Gasteiger partial charge in [0.1, 0.15) is 5.82 Å². The minimum atomic E-state index is 0.266. The van der Waals surface area contributed by atoms with Gasteiger partial charge in [-0.2, -0.15) is 0 Å². The highest BCUT2D eigenvalue weighted by atomic mass is 35.5. The standard InChI is InChI=1S/C11H14ClN3O/c1-8(2)9-7-10(14-11(12)13-9)15-3-5-16-6-4-15/h7H,1,3-6H2,2H3. The summed E-state index contributed by atoms with van der Waals surface area (Å²) in [5.41, 5.74) is 1.68. The monoisotopic (exact) mass is 239 g/mol. The predicted molar refractivity (Wildman–Crippen MR) is 64.8 cm³/mol. The molecular formula is C11H14ClN3O. The second-order valence-corrected chi connectivity index (χ2v) is 4.10. The van der Waals surface area contributed by atoms with Gasteiger partial charge in [-0.15, -0.1) is 0 Å². The summed E-state index contributed by atoms with van der Waals surface area (Å²) in [4.78, 5) is 10.5. The second-order valence-electron chi connectivity index (χ2n) is 3.76. The Bertz CT molecular complexity index is 402. The molecule has 1 fully saturated rings. The maximum atomic E-state index is 5.89. The van der Waals surface area contributed by atoms with Gasteiger partial charge in [0.2, 0.25) is 5.28 Å². The highest BCUT2D eigenvalue weighted by molar-refractivity contribution is 6.28. The minimum Gasteiger partial charge on any atom is -0.378 e. The molecule has 0 radical (unpaired) electrons. The van der Waals surface area contributed by atoms with Gasteiger partial charge in [-0.1, -0.05) is 6.58 Å². The van der Waals surface area contributed by atoms with E-state index in [9.17, 15) is 0 Å². The third kappa shape index (κ3) is 2.51. The molecule has 1 aromatic rings. The molecule has 1 saturated heterocycles. The van der Waals surface area contributed by atoms with E-state index in [1.807, 2.05) is 13.0 Å². The SMILES string of the molecule is C=C(C)c1cc(N2CCOCC2)nc(Cl)n1. The van der Waals surface area contributed by atoms with Gasteiger partial charge in [-0.25, -0.2) is 9.97 Å². The van der Waals surface area contributed by atoms with Crippen molar-refractivity contribution in [2.24, 2.45) is 0 Å². The van der Waals surface area contributed by atoms with E-state index in [-0.39, 0.29) is 5.28 Å². The molecule has 5 heteroatoms. The maximum Gasteiger partial charge on any atom is 0.224 e. The number of rotatable bonds is 2. The Hall–Kier alpha value is -1.13. The number of allylic oxidation sites excluding steroid dienone is 1. The third-order valence-electron chi connectivity index (χ3n) is 2.46. The van der Waals surface area contributed by atoms with Crippen LogP contribution in [0.25, 0.3) is 5.57 Å². The van der Waals surface area contributed by atoms with Crippen molar-refractivity contribution in [3.63, 3.8) is 0 Å². The molecule has 1 aliphatic rings. The molecule has 4 nitrogen and oxygen atoms in total. The van der Waals surface area contributed by atoms with Crippen LogP contribution >= 0.6 is 11.6 Å². The Morgan fingerprint density at radius 2 is 2.12 bits per heavy atom. The van der Waals surface area contributed by atoms with Gasteiger partial charge in [0, 0.05) is 19.2 Å². The van der Waals surface area contributed by atoms with Crippen LogP contribution in [0.4, 0.5) is 5.82 Å². The van der Waals surface area contributed by atoms with Crippen molar-refractivity contribution in [1.82, 2.24) is 9.97 Å². The molecule has 0 unspecified atom stereocenters. The van der Waals surface area contributed by atoms with Gasteiger partial charge >= 0.3 is 0 Å². The summed E-state index contributed by atoms with van der Waals surface area (Å²) in [5.74, 6) is 0.848. The van der Waals surface area contributed by atoms with Crippen LogP contribution in [0.5, 0.6) is 0 Å². The smallest absolute Gasteiger partial charge is 0.224 e. The molecule has 2 rings (SSSR count). The molecule has 0 amide bonds. The van der Waals surface area contributed by atoms with E-state index >= 15 is 0 Å². The molecule has 0 bridgehead atoms. The Morgan fingerprint density at radius 3 is 2.75 bits per heavy atom. The van der Waals surface area contributed by atoms with Gasteiger partial charge in [-0.3, -0.25) is 0 Å². The number of anilines is 1. The number of hydrogen-bond donors (Lipinski definition) is 0. The minimum absolute atomic E-state index is 0.266. The summed E-state index contributed by atoms with van der Waals surface area (Å²) < 4.78 is 5.29. The summed E-state index contributed by atoms with van der Waals surface area (Å²) in [5, 5.41) is 0.266. The van der Waals surface area contributed by atoms with E-state index in [1.54, 1.807) is 0 Å². The number of nitrogens with zero attached hydrogens (tertiary/aromatic N) is 3. The average molecular weight is 240 g/mol. The van der Waals surface area contributed by atoms with Crippen LogP contribution in [-0.2, 0) is 4.74 Å². The molecule has 86 valence electrons. The average Bonchev–Trinajstić information content (AvgIpc) is 2.29. The zero-order valence-corrected chi connectivity index (χ0v) is 10.00. The van der Waals surface area contributed by atoms with E-state index in [1.165, 1.54) is 0 Å². The summed E-state index contributed by atoms with van der Waals surface area (Å²) in [6, 6.07) is 1.92. The quantitative estimate of drug-likeness (QED) is 0.740. The lowest BCUT2D eigenvalue weighted by Gasteiger charge is -2.28. The van der Waals surface area contributed by atoms with Gasteiger partial charge in [0.25, 0.3) is 0 Å². The largest absolute Gasteiger partial charge is 0.378 e. The summed E-state index contributed by atoms with van der Waals surface area (Å²) in [7, 11) is 0. The molecule has 0 N–H and O–H groups in total. The second kappa shape index (κ2) is 4.80. The molecular weight excluding hydrogens is 226 g/mol. The van der Waals surface area contributed by atoms with E-state index in [0.29, 0.717) is 0 Å². The van der Waals surface area contributed by atoms with E-state index in [4.69, 9.17) is 16.3 Å². The van der Waals surface area contributed by atoms with Crippen molar-refractivity contribution in [2.45, 2.75) is 6.92 Å². The fourth-order valence-corrected chi connectivity index (χ4v) is 1.76. The Kier molecular flexibility index (Phi) is 3.41. The van der Waals surface area contributed by atoms with Crippen molar-refractivity contribution < 1.29 is 4.74 Å². The first-order valence-electron chi connectivity index (χ1n) is 5.20. The molecule has 2 heterocycles. The van der Waals surface area contributed by atoms with Crippen molar-refractivity contribution in [3.8, 4) is 0 Å². The van der Waals surface area contributed by atoms with Crippen LogP contribution in [0.1, 0.15) is 12.6 Å². The first-order chi connectivity index (χ1) is 7.66. The molecule has 1 aliphatic heterocycles. The van der Waals surface area contributed by atoms with Crippen molar-refractivity contribution in [2.75, 3.05) is 31.2 Å². The summed E-state index contributed by atoms with van der Waals surface area (Å²) >= 11 is 5.89. The number of ether oxygens (including phenoxy) is 1. The number of halogens is 1.